The van der Waals surface area contributed by atoms with E-state index in [1.54, 1.807) is 0 Å². The molecule has 0 bridgehead atoms. The summed E-state index contributed by atoms with van der Waals surface area (Å²) in [5.74, 6) is -7.73. The smallest absolute Gasteiger partial charge is 0.377 e. The van der Waals surface area contributed by atoms with E-state index in [1.165, 1.54) is 5.32 Å². The number of carbonyl (C=O) groups excluding carboxylic acids is 1. The number of ether oxygens (including phenoxy) is 1. The molecule has 0 atom stereocenters. The van der Waals surface area contributed by atoms with E-state index < -0.39 is 18.0 Å². The molecule has 8 heteroatoms. The molecule has 0 unspecified atom stereocenters. The molecule has 3 nitrogen and oxygen atoms in total. The molecule has 1 rings (SSSR count). The van der Waals surface area contributed by atoms with Crippen LogP contribution in [-0.2, 0) is 16.1 Å². The van der Waals surface area contributed by atoms with Crippen LogP contribution < -0.4 is 5.32 Å². The van der Waals surface area contributed by atoms with Crippen LogP contribution in [0.1, 0.15) is 12.0 Å². The van der Waals surface area contributed by atoms with E-state index >= 15 is 0 Å². The van der Waals surface area contributed by atoms with Crippen molar-refractivity contribution in [1.29, 1.82) is 0 Å². The molecule has 0 heterocycles. The number of amides is 1. The van der Waals surface area contributed by atoms with Gasteiger partial charge in [0.2, 0.25) is 0 Å². The molecule has 0 aromatic heterocycles. The number of carbonyl (C=O) groups is 1. The van der Waals surface area contributed by atoms with Crippen LogP contribution in [0.5, 0.6) is 0 Å². The predicted molar refractivity (Wildman–Crippen MR) is 64.7 cm³/mol. The molecule has 0 saturated carbocycles. The lowest BCUT2D eigenvalue weighted by molar-refractivity contribution is -0.269. The molecule has 1 aromatic rings. The summed E-state index contributed by atoms with van der Waals surface area (Å²) in [7, 11) is 0. The van der Waals surface area contributed by atoms with E-state index in [4.69, 9.17) is 4.74 Å². The first-order valence-electron chi connectivity index (χ1n) is 6.09. The van der Waals surface area contributed by atoms with E-state index in [2.05, 4.69) is 0 Å². The fourth-order valence-electron chi connectivity index (χ4n) is 1.38. The van der Waals surface area contributed by atoms with Crippen molar-refractivity contribution in [2.75, 3.05) is 13.2 Å². The molecular weight excluding hydrogens is 297 g/mol. The number of hydrogen-bond donors (Lipinski definition) is 1. The summed E-state index contributed by atoms with van der Waals surface area (Å²) in [5.41, 5.74) is 0.908. The van der Waals surface area contributed by atoms with Gasteiger partial charge in [-0.2, -0.15) is 22.0 Å². The Bertz CT molecular complexity index is 448. The van der Waals surface area contributed by atoms with Crippen LogP contribution in [0, 0.1) is 0 Å². The molecule has 0 fully saturated rings. The standard InChI is InChI=1S/C13H14F5NO2/c14-12(15,13(16,17)18)11(20)19-7-4-8-21-9-10-5-2-1-3-6-10/h1-3,5-6H,4,7-9H2,(H,19,20). The van der Waals surface area contributed by atoms with Gasteiger partial charge in [-0.15, -0.1) is 0 Å². The molecule has 0 aliphatic rings. The third-order valence-electron chi connectivity index (χ3n) is 2.50. The maximum Gasteiger partial charge on any atom is 0.463 e. The van der Waals surface area contributed by atoms with Gasteiger partial charge in [0.05, 0.1) is 6.61 Å². The first-order valence-corrected chi connectivity index (χ1v) is 6.09. The average Bonchev–Trinajstić information content (AvgIpc) is 2.42. The number of benzene rings is 1. The van der Waals surface area contributed by atoms with Gasteiger partial charge in [-0.3, -0.25) is 4.79 Å². The molecule has 1 N–H and O–H groups in total. The largest absolute Gasteiger partial charge is 0.463 e. The molecule has 0 aliphatic carbocycles. The molecule has 1 aromatic carbocycles. The van der Waals surface area contributed by atoms with Crippen LogP contribution >= 0.6 is 0 Å². The van der Waals surface area contributed by atoms with Crippen molar-refractivity contribution in [3.63, 3.8) is 0 Å². The maximum absolute atomic E-state index is 12.6. The van der Waals surface area contributed by atoms with E-state index in [9.17, 15) is 26.7 Å². The number of rotatable bonds is 7. The fraction of sp³-hybridized carbons (Fsp3) is 0.462. The predicted octanol–water partition coefficient (Wildman–Crippen LogP) is 2.91. The molecule has 118 valence electrons. The highest BCUT2D eigenvalue weighted by atomic mass is 19.4. The number of alkyl halides is 5. The van der Waals surface area contributed by atoms with E-state index in [1.807, 2.05) is 30.3 Å². The number of hydrogen-bond acceptors (Lipinski definition) is 2. The van der Waals surface area contributed by atoms with E-state index in [0.717, 1.165) is 5.56 Å². The van der Waals surface area contributed by atoms with Crippen molar-refractivity contribution in [2.24, 2.45) is 0 Å². The van der Waals surface area contributed by atoms with Gasteiger partial charge >= 0.3 is 12.1 Å². The van der Waals surface area contributed by atoms with Gasteiger partial charge in [-0.25, -0.2) is 0 Å². The Morgan fingerprint density at radius 2 is 1.71 bits per heavy atom. The minimum atomic E-state index is -5.89. The Labute approximate surface area is 118 Å². The Morgan fingerprint density at radius 1 is 1.10 bits per heavy atom. The zero-order chi connectivity index (χ0) is 15.9. The van der Waals surface area contributed by atoms with Gasteiger partial charge < -0.3 is 10.1 Å². The summed E-state index contributed by atoms with van der Waals surface area (Å²) in [6, 6.07) is 9.12. The third kappa shape index (κ3) is 5.30. The highest BCUT2D eigenvalue weighted by Gasteiger charge is 2.63. The first-order chi connectivity index (χ1) is 9.75. The van der Waals surface area contributed by atoms with Crippen molar-refractivity contribution in [3.8, 4) is 0 Å². The highest BCUT2D eigenvalue weighted by Crippen LogP contribution is 2.35. The van der Waals surface area contributed by atoms with Crippen molar-refractivity contribution in [1.82, 2.24) is 5.32 Å². The van der Waals surface area contributed by atoms with Gasteiger partial charge in [-0.05, 0) is 12.0 Å². The van der Waals surface area contributed by atoms with Crippen molar-refractivity contribution in [2.45, 2.75) is 25.1 Å². The molecule has 21 heavy (non-hydrogen) atoms. The second kappa shape index (κ2) is 7.35. The summed E-state index contributed by atoms with van der Waals surface area (Å²) in [6.45, 7) is 0.111. The topological polar surface area (TPSA) is 38.3 Å². The summed E-state index contributed by atoms with van der Waals surface area (Å²) in [6.07, 6.45) is -5.76. The SMILES string of the molecule is O=C(NCCCOCc1ccccc1)C(F)(F)C(F)(F)F. The van der Waals surface area contributed by atoms with Gasteiger partial charge in [-0.1, -0.05) is 30.3 Å². The maximum atomic E-state index is 12.6. The van der Waals surface area contributed by atoms with Gasteiger partial charge in [0.25, 0.3) is 5.91 Å². The summed E-state index contributed by atoms with van der Waals surface area (Å²) >= 11 is 0. The second-order valence-corrected chi connectivity index (χ2v) is 4.22. The lowest BCUT2D eigenvalue weighted by atomic mass is 10.2. The summed E-state index contributed by atoms with van der Waals surface area (Å²) < 4.78 is 65.9. The quantitative estimate of drug-likeness (QED) is 0.621. The average molecular weight is 311 g/mol. The lowest BCUT2D eigenvalue weighted by Crippen LogP contribution is -2.50. The van der Waals surface area contributed by atoms with Crippen molar-refractivity contribution in [3.05, 3.63) is 35.9 Å². The monoisotopic (exact) mass is 311 g/mol. The Morgan fingerprint density at radius 3 is 2.29 bits per heavy atom. The number of halogens is 5. The normalized spacial score (nSPS) is 12.2. The highest BCUT2D eigenvalue weighted by molar-refractivity contribution is 5.84. The minimum Gasteiger partial charge on any atom is -0.377 e. The van der Waals surface area contributed by atoms with Gasteiger partial charge in [0, 0.05) is 13.2 Å². The van der Waals surface area contributed by atoms with Crippen LogP contribution in [0.25, 0.3) is 0 Å². The van der Waals surface area contributed by atoms with Crippen LogP contribution in [0.3, 0.4) is 0 Å². The van der Waals surface area contributed by atoms with Gasteiger partial charge in [0.15, 0.2) is 0 Å². The third-order valence-corrected chi connectivity index (χ3v) is 2.50. The Balaban J connectivity index is 2.18. The Kier molecular flexibility index (Phi) is 6.07. The number of nitrogens with one attached hydrogen (secondary N) is 1. The van der Waals surface area contributed by atoms with Crippen LogP contribution in [0.4, 0.5) is 22.0 Å². The molecule has 0 spiro atoms. The van der Waals surface area contributed by atoms with E-state index in [-0.39, 0.29) is 19.6 Å². The van der Waals surface area contributed by atoms with Crippen molar-refractivity contribution < 1.29 is 31.5 Å². The van der Waals surface area contributed by atoms with Crippen LogP contribution in [0.2, 0.25) is 0 Å². The molecule has 0 aliphatic heterocycles. The van der Waals surface area contributed by atoms with E-state index in [0.29, 0.717) is 6.61 Å². The molecule has 0 saturated heterocycles. The molecule has 0 radical (unpaired) electrons. The van der Waals surface area contributed by atoms with Crippen molar-refractivity contribution >= 4 is 5.91 Å². The van der Waals surface area contributed by atoms with Crippen LogP contribution in [0.15, 0.2) is 30.3 Å². The molecule has 1 amide bonds. The van der Waals surface area contributed by atoms with Crippen LogP contribution in [-0.4, -0.2) is 31.2 Å². The first kappa shape index (κ1) is 17.4. The zero-order valence-electron chi connectivity index (χ0n) is 10.9. The Hall–Kier alpha value is -1.70. The fourth-order valence-corrected chi connectivity index (χ4v) is 1.38. The summed E-state index contributed by atoms with van der Waals surface area (Å²) in [4.78, 5) is 10.7. The summed E-state index contributed by atoms with van der Waals surface area (Å²) in [5, 5.41) is 1.54. The van der Waals surface area contributed by atoms with Gasteiger partial charge in [0.1, 0.15) is 0 Å². The second-order valence-electron chi connectivity index (χ2n) is 4.22. The minimum absolute atomic E-state index is 0.131. The lowest BCUT2D eigenvalue weighted by Gasteiger charge is -2.18. The zero-order valence-corrected chi connectivity index (χ0v) is 10.9. The molecular formula is C13H14F5NO2.